The highest BCUT2D eigenvalue weighted by Gasteiger charge is 1.88. The fourth-order valence-electron chi connectivity index (χ4n) is 1.81. The Kier molecular flexibility index (Phi) is 3.21. The molecule has 0 fully saturated rings. The smallest absolute Gasteiger partial charge is 0.0179 e. The van der Waals surface area contributed by atoms with Crippen LogP contribution in [0.25, 0.3) is 11.6 Å². The second kappa shape index (κ2) is 4.80. The average molecular weight is 208 g/mol. The quantitative estimate of drug-likeness (QED) is 0.676. The number of hydrogen-bond donors (Lipinski definition) is 0. The van der Waals surface area contributed by atoms with Crippen LogP contribution in [0.1, 0.15) is 19.4 Å². The molecule has 0 nitrogen and oxygen atoms in total. The molecule has 2 aromatic carbocycles. The Morgan fingerprint density at radius 3 is 2.12 bits per heavy atom. The van der Waals surface area contributed by atoms with Crippen LogP contribution in [-0.2, 0) is 0 Å². The van der Waals surface area contributed by atoms with E-state index in [2.05, 4.69) is 68.5 Å². The van der Waals surface area contributed by atoms with Gasteiger partial charge in [-0.25, -0.2) is 0 Å². The third kappa shape index (κ3) is 2.40. The number of hydrogen-bond acceptors (Lipinski definition) is 0. The van der Waals surface area contributed by atoms with Crippen LogP contribution in [0.2, 0.25) is 0 Å². The molecule has 0 spiro atoms. The average Bonchev–Trinajstić information content (AvgIpc) is 2.31. The van der Waals surface area contributed by atoms with Crippen LogP contribution >= 0.6 is 0 Å². The van der Waals surface area contributed by atoms with E-state index in [-0.39, 0.29) is 0 Å². The molecule has 0 aliphatic carbocycles. The van der Waals surface area contributed by atoms with Gasteiger partial charge in [-0.3, -0.25) is 0 Å². The Hall–Kier alpha value is -1.82. The van der Waals surface area contributed by atoms with E-state index in [4.69, 9.17) is 0 Å². The molecule has 0 aromatic heterocycles. The van der Waals surface area contributed by atoms with Crippen molar-refractivity contribution in [2.45, 2.75) is 13.8 Å². The summed E-state index contributed by atoms with van der Waals surface area (Å²) in [5.74, 6) is 0. The van der Waals surface area contributed by atoms with Crippen molar-refractivity contribution < 1.29 is 0 Å². The van der Waals surface area contributed by atoms with E-state index in [0.717, 1.165) is 0 Å². The van der Waals surface area contributed by atoms with Gasteiger partial charge in [0, 0.05) is 0 Å². The summed E-state index contributed by atoms with van der Waals surface area (Å²) in [5, 5.41) is 2.61. The molecule has 0 heteroatoms. The van der Waals surface area contributed by atoms with Crippen LogP contribution in [0.3, 0.4) is 0 Å². The minimum atomic E-state index is 1.25. The Morgan fingerprint density at radius 2 is 1.44 bits per heavy atom. The zero-order valence-electron chi connectivity index (χ0n) is 9.77. The number of benzene rings is 2. The summed E-state index contributed by atoms with van der Waals surface area (Å²) in [6.07, 6.45) is 2.22. The molecule has 80 valence electrons. The molecule has 0 saturated carbocycles. The highest BCUT2D eigenvalue weighted by Crippen LogP contribution is 1.97. The first-order chi connectivity index (χ1) is 7.77. The summed E-state index contributed by atoms with van der Waals surface area (Å²) >= 11 is 0. The van der Waals surface area contributed by atoms with Crippen LogP contribution in [0.15, 0.2) is 54.6 Å². The van der Waals surface area contributed by atoms with Gasteiger partial charge in [0.05, 0.1) is 0 Å². The molecule has 2 rings (SSSR count). The highest BCUT2D eigenvalue weighted by atomic mass is 13.9. The molecule has 0 aliphatic rings. The van der Waals surface area contributed by atoms with Gasteiger partial charge >= 0.3 is 0 Å². The van der Waals surface area contributed by atoms with E-state index in [0.29, 0.717) is 0 Å². The zero-order chi connectivity index (χ0) is 11.4. The maximum absolute atomic E-state index is 2.22. The molecule has 2 aromatic rings. The van der Waals surface area contributed by atoms with Gasteiger partial charge in [0.25, 0.3) is 0 Å². The SMILES string of the molecule is CC(C)=c1cccc/c1=C/c1ccccc1. The van der Waals surface area contributed by atoms with Gasteiger partial charge in [-0.1, -0.05) is 60.2 Å². The van der Waals surface area contributed by atoms with Crippen molar-refractivity contribution in [2.75, 3.05) is 0 Å². The molecule has 0 unspecified atom stereocenters. The fraction of sp³-hybridized carbons (Fsp3) is 0.125. The normalized spacial score (nSPS) is 11.5. The molecule has 0 bridgehead atoms. The molecule has 0 N–H and O–H groups in total. The first-order valence-corrected chi connectivity index (χ1v) is 5.57. The predicted molar refractivity (Wildman–Crippen MR) is 70.5 cm³/mol. The maximum Gasteiger partial charge on any atom is -0.0179 e. The lowest BCUT2D eigenvalue weighted by atomic mass is 10.1. The summed E-state index contributed by atoms with van der Waals surface area (Å²) < 4.78 is 0. The second-order valence-electron chi connectivity index (χ2n) is 4.14. The van der Waals surface area contributed by atoms with Crippen molar-refractivity contribution in [1.82, 2.24) is 0 Å². The van der Waals surface area contributed by atoms with Crippen LogP contribution in [0, 0.1) is 0 Å². The second-order valence-corrected chi connectivity index (χ2v) is 4.14. The lowest BCUT2D eigenvalue weighted by Crippen LogP contribution is -2.25. The minimum Gasteiger partial charge on any atom is -0.0686 e. The topological polar surface area (TPSA) is 0 Å². The van der Waals surface area contributed by atoms with Crippen LogP contribution in [0.5, 0.6) is 0 Å². The summed E-state index contributed by atoms with van der Waals surface area (Å²) in [6.45, 7) is 4.30. The Labute approximate surface area is 96.6 Å². The largest absolute Gasteiger partial charge is 0.0686 e. The predicted octanol–water partition coefficient (Wildman–Crippen LogP) is 2.71. The highest BCUT2D eigenvalue weighted by molar-refractivity contribution is 5.51. The first-order valence-electron chi connectivity index (χ1n) is 5.57. The molecule has 0 saturated heterocycles. The Morgan fingerprint density at radius 1 is 0.812 bits per heavy atom. The van der Waals surface area contributed by atoms with Crippen molar-refractivity contribution in [3.8, 4) is 0 Å². The van der Waals surface area contributed by atoms with Gasteiger partial charge in [-0.15, -0.1) is 0 Å². The van der Waals surface area contributed by atoms with Crippen molar-refractivity contribution >= 4 is 11.6 Å². The molecule has 16 heavy (non-hydrogen) atoms. The summed E-state index contributed by atoms with van der Waals surface area (Å²) in [5.41, 5.74) is 2.60. The van der Waals surface area contributed by atoms with E-state index in [1.54, 1.807) is 0 Å². The van der Waals surface area contributed by atoms with Gasteiger partial charge in [0.1, 0.15) is 0 Å². The van der Waals surface area contributed by atoms with E-state index in [1.807, 2.05) is 6.07 Å². The summed E-state index contributed by atoms with van der Waals surface area (Å²) in [7, 11) is 0. The summed E-state index contributed by atoms with van der Waals surface area (Å²) in [6, 6.07) is 18.9. The maximum atomic E-state index is 2.22. The van der Waals surface area contributed by atoms with Crippen molar-refractivity contribution in [3.05, 3.63) is 70.6 Å². The zero-order valence-corrected chi connectivity index (χ0v) is 9.77. The van der Waals surface area contributed by atoms with E-state index < -0.39 is 0 Å². The van der Waals surface area contributed by atoms with Crippen LogP contribution < -0.4 is 10.4 Å². The monoisotopic (exact) mass is 208 g/mol. The Balaban J connectivity index is 2.67. The fourth-order valence-corrected chi connectivity index (χ4v) is 1.81. The standard InChI is InChI=1S/C16H16/c1-13(2)16-11-7-6-10-15(16)12-14-8-4-3-5-9-14/h3-12H,1-2H3/b15-12-. The molecule has 0 atom stereocenters. The molecule has 0 radical (unpaired) electrons. The first kappa shape index (κ1) is 10.7. The Bertz CT molecular complexity index is 573. The van der Waals surface area contributed by atoms with E-state index >= 15 is 0 Å². The van der Waals surface area contributed by atoms with Crippen LogP contribution in [-0.4, -0.2) is 0 Å². The molecular formula is C16H16. The lowest BCUT2D eigenvalue weighted by Gasteiger charge is -1.95. The number of rotatable bonds is 1. The van der Waals surface area contributed by atoms with Crippen molar-refractivity contribution in [3.63, 3.8) is 0 Å². The van der Waals surface area contributed by atoms with Gasteiger partial charge in [0.2, 0.25) is 0 Å². The molecular weight excluding hydrogens is 192 g/mol. The molecule has 0 amide bonds. The minimum absolute atomic E-state index is 1.25. The third-order valence-electron chi connectivity index (χ3n) is 2.62. The lowest BCUT2D eigenvalue weighted by molar-refractivity contribution is 1.43. The van der Waals surface area contributed by atoms with Gasteiger partial charge in [-0.2, -0.15) is 0 Å². The van der Waals surface area contributed by atoms with Crippen molar-refractivity contribution in [2.24, 2.45) is 0 Å². The summed E-state index contributed by atoms with van der Waals surface area (Å²) in [4.78, 5) is 0. The van der Waals surface area contributed by atoms with Crippen molar-refractivity contribution in [1.29, 1.82) is 0 Å². The van der Waals surface area contributed by atoms with Crippen LogP contribution in [0.4, 0.5) is 0 Å². The van der Waals surface area contributed by atoms with Gasteiger partial charge in [-0.05, 0) is 35.9 Å². The van der Waals surface area contributed by atoms with E-state index in [1.165, 1.54) is 21.6 Å². The molecule has 0 aliphatic heterocycles. The van der Waals surface area contributed by atoms with E-state index in [9.17, 15) is 0 Å². The third-order valence-corrected chi connectivity index (χ3v) is 2.62. The molecule has 0 heterocycles. The van der Waals surface area contributed by atoms with Gasteiger partial charge in [0.15, 0.2) is 0 Å². The van der Waals surface area contributed by atoms with Gasteiger partial charge < -0.3 is 0 Å².